The second kappa shape index (κ2) is 5.95. The number of ether oxygens (including phenoxy) is 1. The summed E-state index contributed by atoms with van der Waals surface area (Å²) in [5.74, 6) is 0. The Morgan fingerprint density at radius 1 is 1.47 bits per heavy atom. The van der Waals surface area contributed by atoms with E-state index in [1.54, 1.807) is 11.9 Å². The SMILES string of the molecule is CC(CCCN)N(C)C(=O)OC(C)(C)C. The van der Waals surface area contributed by atoms with Crippen LogP contribution in [-0.2, 0) is 4.74 Å². The first kappa shape index (κ1) is 14.2. The van der Waals surface area contributed by atoms with E-state index >= 15 is 0 Å². The van der Waals surface area contributed by atoms with Crippen LogP contribution in [0.1, 0.15) is 40.5 Å². The number of amides is 1. The van der Waals surface area contributed by atoms with Crippen molar-refractivity contribution in [2.75, 3.05) is 13.6 Å². The van der Waals surface area contributed by atoms with E-state index in [1.807, 2.05) is 27.7 Å². The average Bonchev–Trinajstić information content (AvgIpc) is 2.10. The Bertz CT molecular complexity index is 199. The molecule has 4 heteroatoms. The Labute approximate surface area is 92.8 Å². The fourth-order valence-electron chi connectivity index (χ4n) is 1.12. The number of rotatable bonds is 4. The van der Waals surface area contributed by atoms with Crippen LogP contribution in [0.5, 0.6) is 0 Å². The lowest BCUT2D eigenvalue weighted by Crippen LogP contribution is -2.39. The van der Waals surface area contributed by atoms with Gasteiger partial charge in [-0.2, -0.15) is 0 Å². The molecule has 2 N–H and O–H groups in total. The van der Waals surface area contributed by atoms with Crippen LogP contribution in [0.2, 0.25) is 0 Å². The minimum absolute atomic E-state index is 0.170. The average molecular weight is 216 g/mol. The maximum Gasteiger partial charge on any atom is 0.410 e. The van der Waals surface area contributed by atoms with Gasteiger partial charge in [0.15, 0.2) is 0 Å². The molecule has 0 rings (SSSR count). The van der Waals surface area contributed by atoms with Crippen LogP contribution in [0.4, 0.5) is 4.79 Å². The van der Waals surface area contributed by atoms with Crippen LogP contribution >= 0.6 is 0 Å². The molecule has 0 saturated heterocycles. The van der Waals surface area contributed by atoms with E-state index in [1.165, 1.54) is 0 Å². The molecule has 0 aromatic rings. The molecule has 0 aliphatic rings. The van der Waals surface area contributed by atoms with E-state index in [2.05, 4.69) is 0 Å². The van der Waals surface area contributed by atoms with Crippen LogP contribution in [0, 0.1) is 0 Å². The van der Waals surface area contributed by atoms with Crippen molar-refractivity contribution < 1.29 is 9.53 Å². The third-order valence-electron chi connectivity index (χ3n) is 2.17. The molecule has 1 unspecified atom stereocenters. The van der Waals surface area contributed by atoms with Gasteiger partial charge in [0.2, 0.25) is 0 Å². The number of carbonyl (C=O) groups excluding carboxylic acids is 1. The van der Waals surface area contributed by atoms with Crippen molar-refractivity contribution in [3.05, 3.63) is 0 Å². The van der Waals surface area contributed by atoms with Gasteiger partial charge in [0, 0.05) is 13.1 Å². The highest BCUT2D eigenvalue weighted by molar-refractivity contribution is 5.68. The van der Waals surface area contributed by atoms with Crippen LogP contribution in [0.3, 0.4) is 0 Å². The second-order valence-electron chi connectivity index (χ2n) is 4.87. The molecule has 90 valence electrons. The monoisotopic (exact) mass is 216 g/mol. The molecule has 4 nitrogen and oxygen atoms in total. The Morgan fingerprint density at radius 2 is 2.00 bits per heavy atom. The topological polar surface area (TPSA) is 55.6 Å². The standard InChI is InChI=1S/C11H24N2O2/c1-9(7-6-8-12)13(5)10(14)15-11(2,3)4/h9H,6-8,12H2,1-5H3. The third kappa shape index (κ3) is 6.33. The maximum atomic E-state index is 11.6. The van der Waals surface area contributed by atoms with Gasteiger partial charge in [0.25, 0.3) is 0 Å². The van der Waals surface area contributed by atoms with E-state index in [4.69, 9.17) is 10.5 Å². The molecule has 15 heavy (non-hydrogen) atoms. The summed E-state index contributed by atoms with van der Waals surface area (Å²) < 4.78 is 5.26. The smallest absolute Gasteiger partial charge is 0.410 e. The Kier molecular flexibility index (Phi) is 5.65. The van der Waals surface area contributed by atoms with Gasteiger partial charge in [-0.15, -0.1) is 0 Å². The molecule has 0 aliphatic heterocycles. The quantitative estimate of drug-likeness (QED) is 0.781. The second-order valence-corrected chi connectivity index (χ2v) is 4.87. The van der Waals surface area contributed by atoms with Crippen LogP contribution in [0.15, 0.2) is 0 Å². The molecule has 0 saturated carbocycles. The zero-order valence-corrected chi connectivity index (χ0v) is 10.5. The summed E-state index contributed by atoms with van der Waals surface area (Å²) >= 11 is 0. The maximum absolute atomic E-state index is 11.6. The van der Waals surface area contributed by atoms with Crippen molar-refractivity contribution in [2.24, 2.45) is 5.73 Å². The van der Waals surface area contributed by atoms with Gasteiger partial charge in [-0.1, -0.05) is 0 Å². The molecule has 0 bridgehead atoms. The molecule has 0 aliphatic carbocycles. The van der Waals surface area contributed by atoms with Gasteiger partial charge in [0.05, 0.1) is 0 Å². The molecule has 0 aromatic carbocycles. The highest BCUT2D eigenvalue weighted by atomic mass is 16.6. The number of nitrogens with two attached hydrogens (primary N) is 1. The van der Waals surface area contributed by atoms with Crippen molar-refractivity contribution in [3.63, 3.8) is 0 Å². The number of hydrogen-bond acceptors (Lipinski definition) is 3. The Balaban J connectivity index is 4.08. The normalized spacial score (nSPS) is 13.5. The largest absolute Gasteiger partial charge is 0.444 e. The zero-order chi connectivity index (χ0) is 12.1. The first-order chi connectivity index (χ1) is 6.78. The zero-order valence-electron chi connectivity index (χ0n) is 10.5. The molecule has 0 fully saturated rings. The summed E-state index contributed by atoms with van der Waals surface area (Å²) in [4.78, 5) is 13.3. The fourth-order valence-corrected chi connectivity index (χ4v) is 1.12. The fraction of sp³-hybridized carbons (Fsp3) is 0.909. The Morgan fingerprint density at radius 3 is 2.40 bits per heavy atom. The molecule has 0 heterocycles. The van der Waals surface area contributed by atoms with Crippen molar-refractivity contribution in [1.29, 1.82) is 0 Å². The highest BCUT2D eigenvalue weighted by Gasteiger charge is 2.22. The van der Waals surface area contributed by atoms with Crippen LogP contribution < -0.4 is 5.73 Å². The number of nitrogens with zero attached hydrogens (tertiary/aromatic N) is 1. The van der Waals surface area contributed by atoms with Gasteiger partial charge < -0.3 is 15.4 Å². The van der Waals surface area contributed by atoms with Crippen molar-refractivity contribution in [1.82, 2.24) is 4.90 Å². The lowest BCUT2D eigenvalue weighted by Gasteiger charge is -2.28. The lowest BCUT2D eigenvalue weighted by molar-refractivity contribution is 0.0228. The van der Waals surface area contributed by atoms with E-state index in [0.29, 0.717) is 6.54 Å². The molecule has 0 aromatic heterocycles. The summed E-state index contributed by atoms with van der Waals surface area (Å²) in [5, 5.41) is 0. The highest BCUT2D eigenvalue weighted by Crippen LogP contribution is 2.12. The van der Waals surface area contributed by atoms with Gasteiger partial charge in [0.1, 0.15) is 5.60 Å². The third-order valence-corrected chi connectivity index (χ3v) is 2.17. The van der Waals surface area contributed by atoms with Gasteiger partial charge in [-0.3, -0.25) is 0 Å². The summed E-state index contributed by atoms with van der Waals surface area (Å²) in [6.07, 6.45) is 1.56. The molecule has 1 atom stereocenters. The van der Waals surface area contributed by atoms with Crippen LogP contribution in [-0.4, -0.2) is 36.2 Å². The number of carbonyl (C=O) groups is 1. The summed E-state index contributed by atoms with van der Waals surface area (Å²) in [6, 6.07) is 0.170. The van der Waals surface area contributed by atoms with Crippen LogP contribution in [0.25, 0.3) is 0 Å². The van der Waals surface area contributed by atoms with E-state index < -0.39 is 5.60 Å². The molecule has 1 amide bonds. The van der Waals surface area contributed by atoms with Crippen molar-refractivity contribution in [2.45, 2.75) is 52.2 Å². The predicted octanol–water partition coefficient (Wildman–Crippen LogP) is 1.98. The predicted molar refractivity (Wildman–Crippen MR) is 61.7 cm³/mol. The minimum atomic E-state index is -0.432. The Hall–Kier alpha value is -0.770. The summed E-state index contributed by atoms with van der Waals surface area (Å²) in [5.41, 5.74) is 4.99. The van der Waals surface area contributed by atoms with E-state index in [9.17, 15) is 4.79 Å². The van der Waals surface area contributed by atoms with Crippen molar-refractivity contribution in [3.8, 4) is 0 Å². The molecule has 0 radical (unpaired) electrons. The number of hydrogen-bond donors (Lipinski definition) is 1. The van der Waals surface area contributed by atoms with E-state index in [-0.39, 0.29) is 12.1 Å². The van der Waals surface area contributed by atoms with Gasteiger partial charge in [-0.25, -0.2) is 4.79 Å². The van der Waals surface area contributed by atoms with E-state index in [0.717, 1.165) is 12.8 Å². The lowest BCUT2D eigenvalue weighted by atomic mass is 10.1. The van der Waals surface area contributed by atoms with Gasteiger partial charge in [-0.05, 0) is 47.1 Å². The first-order valence-electron chi connectivity index (χ1n) is 5.44. The van der Waals surface area contributed by atoms with Gasteiger partial charge >= 0.3 is 6.09 Å². The summed E-state index contributed by atoms with van der Waals surface area (Å²) in [6.45, 7) is 8.25. The minimum Gasteiger partial charge on any atom is -0.444 e. The first-order valence-corrected chi connectivity index (χ1v) is 5.44. The molecule has 0 spiro atoms. The summed E-state index contributed by atoms with van der Waals surface area (Å²) in [7, 11) is 1.76. The van der Waals surface area contributed by atoms with Crippen molar-refractivity contribution >= 4 is 6.09 Å². The molecular formula is C11H24N2O2. The molecular weight excluding hydrogens is 192 g/mol.